The zero-order valence-electron chi connectivity index (χ0n) is 10.8. The minimum Gasteiger partial charge on any atom is -0.382 e. The van der Waals surface area contributed by atoms with Crippen molar-refractivity contribution in [3.63, 3.8) is 0 Å². The predicted molar refractivity (Wildman–Crippen MR) is 69.9 cm³/mol. The fourth-order valence-corrected chi connectivity index (χ4v) is 3.03. The van der Waals surface area contributed by atoms with Crippen molar-refractivity contribution in [2.24, 2.45) is 0 Å². The molecule has 1 aliphatic heterocycles. The van der Waals surface area contributed by atoms with E-state index in [0.29, 0.717) is 11.4 Å². The molecule has 2 amide bonds. The van der Waals surface area contributed by atoms with E-state index in [1.165, 1.54) is 11.3 Å². The van der Waals surface area contributed by atoms with Gasteiger partial charge in [0.2, 0.25) is 0 Å². The smallest absolute Gasteiger partial charge is 0.382 e. The number of alkyl halides is 3. The van der Waals surface area contributed by atoms with Gasteiger partial charge in [-0.05, 0) is 31.9 Å². The number of amides is 2. The molecule has 0 spiro atoms. The van der Waals surface area contributed by atoms with E-state index in [1.54, 1.807) is 6.07 Å². The third kappa shape index (κ3) is 3.24. The largest absolute Gasteiger partial charge is 0.416 e. The van der Waals surface area contributed by atoms with Crippen LogP contribution in [0.4, 0.5) is 23.0 Å². The predicted octanol–water partition coefficient (Wildman–Crippen LogP) is 2.98. The molecular formula is C12H15F3N2O2S. The molecule has 4 nitrogen and oxygen atoms in total. The monoisotopic (exact) mass is 308 g/mol. The first-order chi connectivity index (χ1) is 9.29. The molecule has 2 rings (SSSR count). The SMILES string of the molecule is Cc1ccc(NC(=O)N2CCC[C@@H]2[C@H](O)C(F)(F)F)s1. The Balaban J connectivity index is 2.05. The number of halogens is 3. The van der Waals surface area contributed by atoms with E-state index >= 15 is 0 Å². The quantitative estimate of drug-likeness (QED) is 0.882. The molecule has 0 radical (unpaired) electrons. The number of rotatable bonds is 2. The van der Waals surface area contributed by atoms with Crippen molar-refractivity contribution < 1.29 is 23.1 Å². The normalized spacial score (nSPS) is 21.1. The van der Waals surface area contributed by atoms with E-state index in [9.17, 15) is 23.1 Å². The van der Waals surface area contributed by atoms with Gasteiger partial charge in [-0.3, -0.25) is 5.32 Å². The lowest BCUT2D eigenvalue weighted by molar-refractivity contribution is -0.216. The maximum Gasteiger partial charge on any atom is 0.416 e. The summed E-state index contributed by atoms with van der Waals surface area (Å²) in [6.07, 6.45) is -6.61. The maximum atomic E-state index is 12.6. The Bertz CT molecular complexity index is 489. The van der Waals surface area contributed by atoms with Crippen molar-refractivity contribution in [3.8, 4) is 0 Å². The van der Waals surface area contributed by atoms with Gasteiger partial charge in [0, 0.05) is 11.4 Å². The highest BCUT2D eigenvalue weighted by Gasteiger charge is 2.48. The molecule has 2 atom stereocenters. The number of carbonyl (C=O) groups is 1. The summed E-state index contributed by atoms with van der Waals surface area (Å²) >= 11 is 1.35. The van der Waals surface area contributed by atoms with Gasteiger partial charge in [-0.1, -0.05) is 0 Å². The lowest BCUT2D eigenvalue weighted by Crippen LogP contribution is -2.50. The fourth-order valence-electron chi connectivity index (χ4n) is 2.27. The summed E-state index contributed by atoms with van der Waals surface area (Å²) < 4.78 is 37.7. The Morgan fingerprint density at radius 2 is 2.25 bits per heavy atom. The molecule has 1 aromatic rings. The third-order valence-electron chi connectivity index (χ3n) is 3.23. The Hall–Kier alpha value is -1.28. The zero-order chi connectivity index (χ0) is 14.9. The van der Waals surface area contributed by atoms with Gasteiger partial charge in [0.25, 0.3) is 0 Å². The minimum atomic E-state index is -4.72. The molecule has 0 bridgehead atoms. The Morgan fingerprint density at radius 3 is 2.80 bits per heavy atom. The second kappa shape index (κ2) is 5.61. The first kappa shape index (κ1) is 15.1. The second-order valence-electron chi connectivity index (χ2n) is 4.73. The van der Waals surface area contributed by atoms with Crippen molar-refractivity contribution in [1.82, 2.24) is 4.90 Å². The molecule has 0 saturated carbocycles. The van der Waals surface area contributed by atoms with E-state index in [-0.39, 0.29) is 13.0 Å². The van der Waals surface area contributed by atoms with Crippen LogP contribution < -0.4 is 5.32 Å². The number of nitrogens with one attached hydrogen (secondary N) is 1. The van der Waals surface area contributed by atoms with E-state index in [0.717, 1.165) is 9.78 Å². The van der Waals surface area contributed by atoms with Gasteiger partial charge in [0.1, 0.15) is 0 Å². The zero-order valence-corrected chi connectivity index (χ0v) is 11.6. The van der Waals surface area contributed by atoms with Crippen LogP contribution in [0.1, 0.15) is 17.7 Å². The molecule has 1 aliphatic rings. The summed E-state index contributed by atoms with van der Waals surface area (Å²) in [7, 11) is 0. The molecule has 1 aromatic heterocycles. The summed E-state index contributed by atoms with van der Waals surface area (Å²) in [5, 5.41) is 12.5. The Labute approximate surface area is 118 Å². The van der Waals surface area contributed by atoms with E-state index in [1.807, 2.05) is 13.0 Å². The van der Waals surface area contributed by atoms with Crippen molar-refractivity contribution in [3.05, 3.63) is 17.0 Å². The molecule has 1 fully saturated rings. The maximum absolute atomic E-state index is 12.6. The number of hydrogen-bond donors (Lipinski definition) is 2. The lowest BCUT2D eigenvalue weighted by Gasteiger charge is -2.29. The fraction of sp³-hybridized carbons (Fsp3) is 0.583. The van der Waals surface area contributed by atoms with Crippen LogP contribution in [0, 0.1) is 6.92 Å². The van der Waals surface area contributed by atoms with E-state index in [4.69, 9.17) is 0 Å². The third-order valence-corrected chi connectivity index (χ3v) is 4.15. The van der Waals surface area contributed by atoms with Gasteiger partial charge >= 0.3 is 12.2 Å². The summed E-state index contributed by atoms with van der Waals surface area (Å²) in [5.41, 5.74) is 0. The van der Waals surface area contributed by atoms with Crippen LogP contribution in [0.5, 0.6) is 0 Å². The standard InChI is InChI=1S/C12H15F3N2O2S/c1-7-4-5-9(20-7)16-11(19)17-6-2-3-8(17)10(18)12(13,14)15/h4-5,8,10,18H,2-3,6H2,1H3,(H,16,19)/t8-,10+/m1/s1. The summed E-state index contributed by atoms with van der Waals surface area (Å²) in [4.78, 5) is 14.1. The van der Waals surface area contributed by atoms with Crippen LogP contribution in [0.25, 0.3) is 0 Å². The van der Waals surface area contributed by atoms with Gasteiger partial charge in [-0.25, -0.2) is 4.79 Å². The first-order valence-corrected chi connectivity index (χ1v) is 6.99. The lowest BCUT2D eigenvalue weighted by atomic mass is 10.1. The number of aliphatic hydroxyl groups excluding tert-OH is 1. The van der Waals surface area contributed by atoms with Crippen LogP contribution in [0.3, 0.4) is 0 Å². The van der Waals surface area contributed by atoms with Crippen LogP contribution in [-0.2, 0) is 0 Å². The van der Waals surface area contributed by atoms with Gasteiger partial charge in [0.15, 0.2) is 6.10 Å². The van der Waals surface area contributed by atoms with Gasteiger partial charge < -0.3 is 10.0 Å². The number of carbonyl (C=O) groups excluding carboxylic acids is 1. The molecular weight excluding hydrogens is 293 g/mol. The van der Waals surface area contributed by atoms with Gasteiger partial charge in [-0.2, -0.15) is 13.2 Å². The number of thiophene rings is 1. The van der Waals surface area contributed by atoms with Crippen molar-refractivity contribution in [2.45, 2.75) is 38.1 Å². The number of likely N-dealkylation sites (tertiary alicyclic amines) is 1. The Kier molecular flexibility index (Phi) is 4.24. The highest BCUT2D eigenvalue weighted by atomic mass is 32.1. The van der Waals surface area contributed by atoms with Crippen molar-refractivity contribution >= 4 is 22.4 Å². The van der Waals surface area contributed by atoms with Gasteiger partial charge in [0.05, 0.1) is 11.0 Å². The second-order valence-corrected chi connectivity index (χ2v) is 6.02. The minimum absolute atomic E-state index is 0.150. The molecule has 112 valence electrons. The molecule has 0 unspecified atom stereocenters. The van der Waals surface area contributed by atoms with Crippen LogP contribution >= 0.6 is 11.3 Å². The van der Waals surface area contributed by atoms with Crippen LogP contribution in [0.2, 0.25) is 0 Å². The van der Waals surface area contributed by atoms with Crippen molar-refractivity contribution in [2.75, 3.05) is 11.9 Å². The number of aliphatic hydroxyl groups is 1. The number of nitrogens with zero attached hydrogens (tertiary/aromatic N) is 1. The number of urea groups is 1. The average Bonchev–Trinajstić information content (AvgIpc) is 2.95. The highest BCUT2D eigenvalue weighted by molar-refractivity contribution is 7.16. The molecule has 2 N–H and O–H groups in total. The van der Waals surface area contributed by atoms with Crippen LogP contribution in [-0.4, -0.2) is 40.9 Å². The average molecular weight is 308 g/mol. The summed E-state index contributed by atoms with van der Waals surface area (Å²) in [6.45, 7) is 2.08. The summed E-state index contributed by atoms with van der Waals surface area (Å²) in [5.74, 6) is 0. The first-order valence-electron chi connectivity index (χ1n) is 6.18. The summed E-state index contributed by atoms with van der Waals surface area (Å²) in [6, 6.07) is 1.70. The molecule has 1 saturated heterocycles. The van der Waals surface area contributed by atoms with Gasteiger partial charge in [-0.15, -0.1) is 11.3 Å². The molecule has 8 heteroatoms. The molecule has 0 aromatic carbocycles. The molecule has 20 heavy (non-hydrogen) atoms. The molecule has 0 aliphatic carbocycles. The van der Waals surface area contributed by atoms with Crippen LogP contribution in [0.15, 0.2) is 12.1 Å². The highest BCUT2D eigenvalue weighted by Crippen LogP contribution is 2.31. The topological polar surface area (TPSA) is 52.6 Å². The number of aryl methyl sites for hydroxylation is 1. The van der Waals surface area contributed by atoms with E-state index < -0.39 is 24.4 Å². The molecule has 2 heterocycles. The number of hydrogen-bond acceptors (Lipinski definition) is 3. The van der Waals surface area contributed by atoms with E-state index in [2.05, 4.69) is 5.32 Å². The Morgan fingerprint density at radius 1 is 1.55 bits per heavy atom. The van der Waals surface area contributed by atoms with Crippen molar-refractivity contribution in [1.29, 1.82) is 0 Å². The number of anilines is 1.